The van der Waals surface area contributed by atoms with Gasteiger partial charge in [-0.05, 0) is 44.0 Å². The van der Waals surface area contributed by atoms with Gasteiger partial charge >= 0.3 is 0 Å². The molecular formula is C18H24N4O4S. The fourth-order valence-corrected chi connectivity index (χ4v) is 4.82. The van der Waals surface area contributed by atoms with E-state index in [1.54, 1.807) is 37.8 Å². The van der Waals surface area contributed by atoms with E-state index >= 15 is 0 Å². The summed E-state index contributed by atoms with van der Waals surface area (Å²) in [6.07, 6.45) is 1.62. The third kappa shape index (κ3) is 3.74. The van der Waals surface area contributed by atoms with Crippen LogP contribution in [0.1, 0.15) is 54.8 Å². The number of carbonyl (C=O) groups is 1. The number of benzene rings is 1. The van der Waals surface area contributed by atoms with E-state index in [9.17, 15) is 13.2 Å². The molecule has 1 fully saturated rings. The van der Waals surface area contributed by atoms with E-state index < -0.39 is 10.0 Å². The van der Waals surface area contributed by atoms with Crippen LogP contribution in [0.2, 0.25) is 0 Å². The molecule has 2 heterocycles. The molecule has 8 nitrogen and oxygen atoms in total. The zero-order valence-corrected chi connectivity index (χ0v) is 16.6. The van der Waals surface area contributed by atoms with Crippen LogP contribution in [-0.2, 0) is 10.0 Å². The third-order valence-electron chi connectivity index (χ3n) is 4.79. The highest BCUT2D eigenvalue weighted by Gasteiger charge is 2.34. The second-order valence-electron chi connectivity index (χ2n) is 6.45. The van der Waals surface area contributed by atoms with Crippen LogP contribution >= 0.6 is 0 Å². The predicted molar refractivity (Wildman–Crippen MR) is 98.6 cm³/mol. The van der Waals surface area contributed by atoms with Crippen LogP contribution < -0.4 is 0 Å². The Morgan fingerprint density at radius 2 is 1.93 bits per heavy atom. The van der Waals surface area contributed by atoms with Crippen LogP contribution in [0.5, 0.6) is 0 Å². The molecule has 0 bridgehead atoms. The monoisotopic (exact) mass is 392 g/mol. The standard InChI is InChI=1S/C18H24N4O4S/c1-4-21(5-2)27(24,25)15-10-8-14(9-11-15)18(23)22-12-6-7-16(22)17-19-13(3)20-26-17/h8-11,16H,4-7,12H2,1-3H3. The van der Waals surface area contributed by atoms with Crippen LogP contribution in [-0.4, -0.2) is 53.3 Å². The molecule has 0 radical (unpaired) electrons. The average Bonchev–Trinajstić information content (AvgIpc) is 3.30. The minimum absolute atomic E-state index is 0.167. The Morgan fingerprint density at radius 1 is 1.26 bits per heavy atom. The van der Waals surface area contributed by atoms with E-state index in [0.29, 0.717) is 36.9 Å². The number of sulfonamides is 1. The molecular weight excluding hydrogens is 368 g/mol. The quantitative estimate of drug-likeness (QED) is 0.749. The summed E-state index contributed by atoms with van der Waals surface area (Å²) in [5.74, 6) is 0.814. The van der Waals surface area contributed by atoms with Crippen molar-refractivity contribution in [2.24, 2.45) is 0 Å². The van der Waals surface area contributed by atoms with Gasteiger partial charge in [0.15, 0.2) is 5.82 Å². The summed E-state index contributed by atoms with van der Waals surface area (Å²) in [5, 5.41) is 3.80. The average molecular weight is 392 g/mol. The van der Waals surface area contributed by atoms with Crippen molar-refractivity contribution < 1.29 is 17.7 Å². The normalized spacial score (nSPS) is 17.6. The van der Waals surface area contributed by atoms with E-state index in [2.05, 4.69) is 10.1 Å². The van der Waals surface area contributed by atoms with E-state index in [-0.39, 0.29) is 16.8 Å². The molecule has 1 aliphatic heterocycles. The number of amides is 1. The number of hydrogen-bond donors (Lipinski definition) is 0. The van der Waals surface area contributed by atoms with Crippen molar-refractivity contribution in [2.75, 3.05) is 19.6 Å². The van der Waals surface area contributed by atoms with E-state index in [4.69, 9.17) is 4.52 Å². The molecule has 1 aliphatic rings. The summed E-state index contributed by atoms with van der Waals surface area (Å²) in [6.45, 7) is 6.74. The number of likely N-dealkylation sites (tertiary alicyclic amines) is 1. The second kappa shape index (κ2) is 7.77. The summed E-state index contributed by atoms with van der Waals surface area (Å²) >= 11 is 0. The van der Waals surface area contributed by atoms with Gasteiger partial charge in [-0.2, -0.15) is 9.29 Å². The zero-order chi connectivity index (χ0) is 19.6. The molecule has 9 heteroatoms. The first kappa shape index (κ1) is 19.5. The van der Waals surface area contributed by atoms with Gasteiger partial charge in [0.25, 0.3) is 5.91 Å². The lowest BCUT2D eigenvalue weighted by atomic mass is 10.1. The number of carbonyl (C=O) groups excluding carboxylic acids is 1. The van der Waals surface area contributed by atoms with Gasteiger partial charge in [-0.15, -0.1) is 0 Å². The minimum atomic E-state index is -3.54. The van der Waals surface area contributed by atoms with Gasteiger partial charge in [-0.1, -0.05) is 19.0 Å². The molecule has 146 valence electrons. The highest BCUT2D eigenvalue weighted by Crippen LogP contribution is 2.32. The summed E-state index contributed by atoms with van der Waals surface area (Å²) in [6, 6.07) is 5.86. The van der Waals surface area contributed by atoms with Crippen LogP contribution in [0.4, 0.5) is 0 Å². The van der Waals surface area contributed by atoms with Crippen molar-refractivity contribution in [3.8, 4) is 0 Å². The van der Waals surface area contributed by atoms with E-state index in [1.165, 1.54) is 16.4 Å². The molecule has 1 saturated heterocycles. The molecule has 0 aliphatic carbocycles. The lowest BCUT2D eigenvalue weighted by Gasteiger charge is -2.22. The Balaban J connectivity index is 1.81. The zero-order valence-electron chi connectivity index (χ0n) is 15.8. The van der Waals surface area contributed by atoms with Crippen molar-refractivity contribution in [3.05, 3.63) is 41.5 Å². The van der Waals surface area contributed by atoms with Crippen molar-refractivity contribution in [3.63, 3.8) is 0 Å². The summed E-state index contributed by atoms with van der Waals surface area (Å²) in [4.78, 5) is 19.1. The lowest BCUT2D eigenvalue weighted by Crippen LogP contribution is -2.31. The van der Waals surface area contributed by atoms with Crippen molar-refractivity contribution in [1.29, 1.82) is 0 Å². The fourth-order valence-electron chi connectivity index (χ4n) is 3.36. The first-order chi connectivity index (χ1) is 12.9. The summed E-state index contributed by atoms with van der Waals surface area (Å²) < 4.78 is 31.8. The highest BCUT2D eigenvalue weighted by molar-refractivity contribution is 7.89. The molecule has 1 aromatic heterocycles. The molecule has 1 amide bonds. The second-order valence-corrected chi connectivity index (χ2v) is 8.39. The van der Waals surface area contributed by atoms with Crippen LogP contribution in [0, 0.1) is 6.92 Å². The Labute approximate surface area is 159 Å². The molecule has 0 N–H and O–H groups in total. The number of nitrogens with zero attached hydrogens (tertiary/aromatic N) is 4. The molecule has 0 saturated carbocycles. The maximum absolute atomic E-state index is 12.9. The van der Waals surface area contributed by atoms with Crippen molar-refractivity contribution in [2.45, 2.75) is 44.6 Å². The summed E-state index contributed by atoms with van der Waals surface area (Å²) in [7, 11) is -3.54. The molecule has 3 rings (SSSR count). The topological polar surface area (TPSA) is 96.6 Å². The first-order valence-electron chi connectivity index (χ1n) is 9.09. The Bertz CT molecular complexity index is 904. The molecule has 1 atom stereocenters. The Kier molecular flexibility index (Phi) is 5.61. The Hall–Kier alpha value is -2.26. The van der Waals surface area contributed by atoms with Crippen LogP contribution in [0.3, 0.4) is 0 Å². The highest BCUT2D eigenvalue weighted by atomic mass is 32.2. The van der Waals surface area contributed by atoms with Gasteiger partial charge in [0.1, 0.15) is 6.04 Å². The van der Waals surface area contributed by atoms with Gasteiger partial charge in [0, 0.05) is 25.2 Å². The van der Waals surface area contributed by atoms with Crippen LogP contribution in [0.15, 0.2) is 33.7 Å². The number of aryl methyl sites for hydroxylation is 1. The molecule has 0 spiro atoms. The van der Waals surface area contributed by atoms with Gasteiger partial charge in [-0.25, -0.2) is 8.42 Å². The molecule has 2 aromatic rings. The van der Waals surface area contributed by atoms with Crippen molar-refractivity contribution >= 4 is 15.9 Å². The van der Waals surface area contributed by atoms with Gasteiger partial charge < -0.3 is 9.42 Å². The number of aromatic nitrogens is 2. The van der Waals surface area contributed by atoms with E-state index in [1.807, 2.05) is 0 Å². The maximum atomic E-state index is 12.9. The van der Waals surface area contributed by atoms with Crippen molar-refractivity contribution in [1.82, 2.24) is 19.3 Å². The Morgan fingerprint density at radius 3 is 2.48 bits per heavy atom. The maximum Gasteiger partial charge on any atom is 0.254 e. The predicted octanol–water partition coefficient (Wildman–Crippen LogP) is 2.39. The van der Waals surface area contributed by atoms with Gasteiger partial charge in [-0.3, -0.25) is 4.79 Å². The fraction of sp³-hybridized carbons (Fsp3) is 0.500. The lowest BCUT2D eigenvalue weighted by molar-refractivity contribution is 0.0710. The number of hydrogen-bond acceptors (Lipinski definition) is 6. The summed E-state index contributed by atoms with van der Waals surface area (Å²) in [5.41, 5.74) is 0.441. The van der Waals surface area contributed by atoms with Crippen LogP contribution in [0.25, 0.3) is 0 Å². The molecule has 1 aromatic carbocycles. The molecule has 1 unspecified atom stereocenters. The van der Waals surface area contributed by atoms with Gasteiger partial charge in [0.05, 0.1) is 4.90 Å². The smallest absolute Gasteiger partial charge is 0.254 e. The third-order valence-corrected chi connectivity index (χ3v) is 6.85. The number of rotatable bonds is 6. The van der Waals surface area contributed by atoms with E-state index in [0.717, 1.165) is 12.8 Å². The van der Waals surface area contributed by atoms with Gasteiger partial charge in [0.2, 0.25) is 15.9 Å². The minimum Gasteiger partial charge on any atom is -0.337 e. The SMILES string of the molecule is CCN(CC)S(=O)(=O)c1ccc(C(=O)N2CCCC2c2nc(C)no2)cc1. The largest absolute Gasteiger partial charge is 0.337 e. The first-order valence-corrected chi connectivity index (χ1v) is 10.5. The molecule has 27 heavy (non-hydrogen) atoms.